The summed E-state index contributed by atoms with van der Waals surface area (Å²) in [6, 6.07) is 13.6. The highest BCUT2D eigenvalue weighted by Gasteiger charge is 2.38. The van der Waals surface area contributed by atoms with E-state index in [1.165, 1.54) is 29.2 Å². The smallest absolute Gasteiger partial charge is 0.305 e. The first kappa shape index (κ1) is 18.6. The van der Waals surface area contributed by atoms with Crippen LogP contribution in [0, 0.1) is 11.7 Å². The Balaban J connectivity index is 1.72. The normalized spacial score (nSPS) is 17.6. The molecule has 0 aromatic heterocycles. The van der Waals surface area contributed by atoms with E-state index in [0.29, 0.717) is 24.2 Å². The molecular weight excluding hydrogens is 351 g/mol. The molecule has 1 saturated heterocycles. The van der Waals surface area contributed by atoms with E-state index in [0.717, 1.165) is 0 Å². The number of nitrogens with one attached hydrogen (secondary N) is 1. The molecule has 0 spiro atoms. The van der Waals surface area contributed by atoms with Gasteiger partial charge in [-0.05, 0) is 36.2 Å². The largest absolute Gasteiger partial charge is 0.481 e. The van der Waals surface area contributed by atoms with Crippen LogP contribution in [0.15, 0.2) is 54.6 Å². The van der Waals surface area contributed by atoms with Crippen LogP contribution in [-0.2, 0) is 14.4 Å². The van der Waals surface area contributed by atoms with Crippen molar-refractivity contribution >= 4 is 23.5 Å². The number of carbonyl (C=O) groups excluding carboxylic acids is 2. The lowest BCUT2D eigenvalue weighted by Gasteiger charge is -2.20. The predicted molar refractivity (Wildman–Crippen MR) is 96.4 cm³/mol. The fourth-order valence-corrected chi connectivity index (χ4v) is 3.19. The topological polar surface area (TPSA) is 86.7 Å². The summed E-state index contributed by atoms with van der Waals surface area (Å²) in [6.45, 7) is 0.345. The van der Waals surface area contributed by atoms with Gasteiger partial charge in [0, 0.05) is 12.2 Å². The molecule has 2 atom stereocenters. The van der Waals surface area contributed by atoms with Gasteiger partial charge in [-0.15, -0.1) is 0 Å². The molecule has 6 nitrogen and oxygen atoms in total. The van der Waals surface area contributed by atoms with Gasteiger partial charge in [0.2, 0.25) is 11.8 Å². The second-order valence-electron chi connectivity index (χ2n) is 6.38. The zero-order chi connectivity index (χ0) is 19.4. The summed E-state index contributed by atoms with van der Waals surface area (Å²) in [5, 5.41) is 11.8. The number of carbonyl (C=O) groups is 3. The molecule has 7 heteroatoms. The van der Waals surface area contributed by atoms with Crippen LogP contribution < -0.4 is 10.2 Å². The maximum atomic E-state index is 13.1. The Labute approximate surface area is 155 Å². The number of benzene rings is 2. The van der Waals surface area contributed by atoms with Gasteiger partial charge in [-0.25, -0.2) is 4.39 Å². The second kappa shape index (κ2) is 7.99. The summed E-state index contributed by atoms with van der Waals surface area (Å²) in [7, 11) is 0. The fourth-order valence-electron chi connectivity index (χ4n) is 3.19. The fraction of sp³-hybridized carbons (Fsp3) is 0.250. The molecule has 27 heavy (non-hydrogen) atoms. The summed E-state index contributed by atoms with van der Waals surface area (Å²) in [5.74, 6) is -3.22. The molecule has 1 heterocycles. The van der Waals surface area contributed by atoms with E-state index in [2.05, 4.69) is 5.32 Å². The molecule has 0 radical (unpaired) electrons. The highest BCUT2D eigenvalue weighted by molar-refractivity contribution is 6.09. The number of hydrogen-bond acceptors (Lipinski definition) is 3. The van der Waals surface area contributed by atoms with Crippen LogP contribution in [0.3, 0.4) is 0 Å². The van der Waals surface area contributed by atoms with Crippen LogP contribution in [0.5, 0.6) is 0 Å². The van der Waals surface area contributed by atoms with Gasteiger partial charge in [0.05, 0.1) is 12.5 Å². The van der Waals surface area contributed by atoms with E-state index in [4.69, 9.17) is 5.11 Å². The molecule has 2 aromatic rings. The van der Waals surface area contributed by atoms with Crippen molar-refractivity contribution in [3.8, 4) is 0 Å². The predicted octanol–water partition coefficient (Wildman–Crippen LogP) is 2.51. The number of halogens is 1. The van der Waals surface area contributed by atoms with Crippen molar-refractivity contribution in [2.24, 2.45) is 5.92 Å². The standard InChI is InChI=1S/C20H19FN2O4/c21-14-6-8-15(9-7-14)23-11-10-16(20(23)27)19(26)22-17(12-18(24)25)13-4-2-1-3-5-13/h1-9,16-17H,10-12H2,(H,22,26)(H,24,25). The Hall–Kier alpha value is -3.22. The number of anilines is 1. The van der Waals surface area contributed by atoms with Crippen molar-refractivity contribution in [1.82, 2.24) is 5.32 Å². The molecule has 2 unspecified atom stereocenters. The lowest BCUT2D eigenvalue weighted by Crippen LogP contribution is -2.39. The van der Waals surface area contributed by atoms with E-state index in [-0.39, 0.29) is 12.3 Å². The van der Waals surface area contributed by atoms with Gasteiger partial charge >= 0.3 is 5.97 Å². The first-order chi connectivity index (χ1) is 13.0. The van der Waals surface area contributed by atoms with Crippen LogP contribution in [0.2, 0.25) is 0 Å². The Morgan fingerprint density at radius 3 is 2.44 bits per heavy atom. The number of hydrogen-bond donors (Lipinski definition) is 2. The Kier molecular flexibility index (Phi) is 5.49. The molecule has 3 rings (SSSR count). The number of carboxylic acid groups (broad SMARTS) is 1. The van der Waals surface area contributed by atoms with Crippen molar-refractivity contribution < 1.29 is 23.9 Å². The summed E-state index contributed by atoms with van der Waals surface area (Å²) in [5.41, 5.74) is 1.19. The van der Waals surface area contributed by atoms with Crippen molar-refractivity contribution in [2.75, 3.05) is 11.4 Å². The van der Waals surface area contributed by atoms with Gasteiger partial charge in [-0.2, -0.15) is 0 Å². The zero-order valence-corrected chi connectivity index (χ0v) is 14.5. The van der Waals surface area contributed by atoms with Crippen LogP contribution in [-0.4, -0.2) is 29.4 Å². The first-order valence-electron chi connectivity index (χ1n) is 8.60. The van der Waals surface area contributed by atoms with Crippen molar-refractivity contribution in [3.63, 3.8) is 0 Å². The van der Waals surface area contributed by atoms with E-state index >= 15 is 0 Å². The summed E-state index contributed by atoms with van der Waals surface area (Å²) in [6.07, 6.45) is 0.0367. The van der Waals surface area contributed by atoms with Gasteiger partial charge in [0.1, 0.15) is 11.7 Å². The zero-order valence-electron chi connectivity index (χ0n) is 14.5. The van der Waals surface area contributed by atoms with Gasteiger partial charge in [-0.1, -0.05) is 30.3 Å². The van der Waals surface area contributed by atoms with Gasteiger partial charge in [0.25, 0.3) is 0 Å². The van der Waals surface area contributed by atoms with Crippen molar-refractivity contribution in [2.45, 2.75) is 18.9 Å². The van der Waals surface area contributed by atoms with Gasteiger partial charge in [-0.3, -0.25) is 14.4 Å². The van der Waals surface area contributed by atoms with E-state index in [1.54, 1.807) is 30.3 Å². The van der Waals surface area contributed by atoms with Gasteiger partial charge < -0.3 is 15.3 Å². The van der Waals surface area contributed by atoms with E-state index in [9.17, 15) is 18.8 Å². The molecule has 0 saturated carbocycles. The molecule has 1 aliphatic heterocycles. The summed E-state index contributed by atoms with van der Waals surface area (Å²) >= 11 is 0. The average Bonchev–Trinajstić information content (AvgIpc) is 3.04. The molecule has 0 aliphatic carbocycles. The van der Waals surface area contributed by atoms with Crippen molar-refractivity contribution in [1.29, 1.82) is 0 Å². The monoisotopic (exact) mass is 370 g/mol. The minimum atomic E-state index is -1.05. The Bertz CT molecular complexity index is 839. The summed E-state index contributed by atoms with van der Waals surface area (Å²) in [4.78, 5) is 37.9. The molecule has 1 fully saturated rings. The molecule has 2 aromatic carbocycles. The lowest BCUT2D eigenvalue weighted by atomic mass is 10.0. The quantitative estimate of drug-likeness (QED) is 0.765. The van der Waals surface area contributed by atoms with Crippen LogP contribution in [0.4, 0.5) is 10.1 Å². The third-order valence-corrected chi connectivity index (χ3v) is 4.56. The SMILES string of the molecule is O=C(O)CC(NC(=O)C1CCN(c2ccc(F)cc2)C1=O)c1ccccc1. The van der Waals surface area contributed by atoms with Crippen LogP contribution >= 0.6 is 0 Å². The number of nitrogens with zero attached hydrogens (tertiary/aromatic N) is 1. The second-order valence-corrected chi connectivity index (χ2v) is 6.38. The van der Waals surface area contributed by atoms with Crippen LogP contribution in [0.25, 0.3) is 0 Å². The molecule has 0 bridgehead atoms. The lowest BCUT2D eigenvalue weighted by molar-refractivity contribution is -0.138. The molecule has 140 valence electrons. The van der Waals surface area contributed by atoms with Crippen LogP contribution in [0.1, 0.15) is 24.4 Å². The molecule has 1 aliphatic rings. The summed E-state index contributed by atoms with van der Waals surface area (Å²) < 4.78 is 13.1. The van der Waals surface area contributed by atoms with Crippen molar-refractivity contribution in [3.05, 3.63) is 66.0 Å². The highest BCUT2D eigenvalue weighted by atomic mass is 19.1. The maximum Gasteiger partial charge on any atom is 0.305 e. The Morgan fingerprint density at radius 1 is 1.15 bits per heavy atom. The number of rotatable bonds is 6. The minimum Gasteiger partial charge on any atom is -0.481 e. The van der Waals surface area contributed by atoms with E-state index < -0.39 is 29.7 Å². The Morgan fingerprint density at radius 2 is 1.81 bits per heavy atom. The van der Waals surface area contributed by atoms with Gasteiger partial charge in [0.15, 0.2) is 0 Å². The minimum absolute atomic E-state index is 0.279. The third kappa shape index (κ3) is 4.31. The maximum absolute atomic E-state index is 13.1. The molecule has 2 N–H and O–H groups in total. The number of amides is 2. The number of aliphatic carboxylic acids is 1. The number of carboxylic acids is 1. The molecule has 2 amide bonds. The third-order valence-electron chi connectivity index (χ3n) is 4.56. The first-order valence-corrected chi connectivity index (χ1v) is 8.60. The van der Waals surface area contributed by atoms with E-state index in [1.807, 2.05) is 0 Å². The molecular formula is C20H19FN2O4. The average molecular weight is 370 g/mol. The highest BCUT2D eigenvalue weighted by Crippen LogP contribution is 2.27.